The van der Waals surface area contributed by atoms with E-state index in [1.54, 1.807) is 29.2 Å². The number of rotatable bonds is 9. The van der Waals surface area contributed by atoms with Crippen molar-refractivity contribution in [1.29, 1.82) is 0 Å². The zero-order chi connectivity index (χ0) is 25.4. The molecular formula is C24H27N3O8. The second kappa shape index (κ2) is 11.8. The van der Waals surface area contributed by atoms with Gasteiger partial charge in [0.2, 0.25) is 0 Å². The molecule has 1 aliphatic rings. The van der Waals surface area contributed by atoms with Crippen molar-refractivity contribution in [2.24, 2.45) is 0 Å². The second-order valence-corrected chi connectivity index (χ2v) is 7.70. The number of non-ortho nitro benzene ring substituents is 1. The van der Waals surface area contributed by atoms with Crippen molar-refractivity contribution in [2.45, 2.75) is 18.9 Å². The molecule has 1 saturated heterocycles. The highest BCUT2D eigenvalue weighted by atomic mass is 16.6. The summed E-state index contributed by atoms with van der Waals surface area (Å²) in [6.45, 7) is 0.277. The molecule has 1 fully saturated rings. The molecule has 1 atom stereocenters. The van der Waals surface area contributed by atoms with Crippen LogP contribution in [0, 0.1) is 10.1 Å². The standard InChI is InChI=1S/C24H27N3O8/c1-33-21-13-19(23(29)26-11-3-6-18(26)15-28)20(14-22(21)34-2)25-24(30)35-12-4-5-16-7-9-17(10-8-16)27(31)32/h4-5,7-10,13-14,18,28H,3,6,11-12,15H2,1-2H3,(H,25,30)/t18-/m0/s1. The summed E-state index contributed by atoms with van der Waals surface area (Å²) in [5.41, 5.74) is 1.05. The number of carbonyl (C=O) groups excluding carboxylic acids is 2. The predicted molar refractivity (Wildman–Crippen MR) is 128 cm³/mol. The molecule has 0 aliphatic carbocycles. The number of nitro benzene ring substituents is 1. The highest BCUT2D eigenvalue weighted by Gasteiger charge is 2.31. The Balaban J connectivity index is 1.71. The Morgan fingerprint density at radius 1 is 1.20 bits per heavy atom. The van der Waals surface area contributed by atoms with Crippen molar-refractivity contribution in [3.63, 3.8) is 0 Å². The van der Waals surface area contributed by atoms with Gasteiger partial charge in [-0.3, -0.25) is 20.2 Å². The minimum Gasteiger partial charge on any atom is -0.493 e. The number of nitrogens with zero attached hydrogens (tertiary/aromatic N) is 2. The van der Waals surface area contributed by atoms with E-state index in [0.717, 1.165) is 6.42 Å². The largest absolute Gasteiger partial charge is 0.493 e. The summed E-state index contributed by atoms with van der Waals surface area (Å²) in [6, 6.07) is 8.58. The predicted octanol–water partition coefficient (Wildman–Crippen LogP) is 3.47. The van der Waals surface area contributed by atoms with Crippen molar-refractivity contribution < 1.29 is 33.8 Å². The molecule has 0 radical (unpaired) electrons. The van der Waals surface area contributed by atoms with E-state index in [1.807, 2.05) is 0 Å². The lowest BCUT2D eigenvalue weighted by molar-refractivity contribution is -0.384. The van der Waals surface area contributed by atoms with Crippen LogP contribution in [0.1, 0.15) is 28.8 Å². The SMILES string of the molecule is COc1cc(NC(=O)OCC=Cc2ccc([N+](=O)[O-])cc2)c(C(=O)N2CCC[C@H]2CO)cc1OC. The summed E-state index contributed by atoms with van der Waals surface area (Å²) < 4.78 is 15.8. The van der Waals surface area contributed by atoms with E-state index in [4.69, 9.17) is 14.2 Å². The number of methoxy groups -OCH3 is 2. The summed E-state index contributed by atoms with van der Waals surface area (Å²) in [5.74, 6) is 0.286. The Morgan fingerprint density at radius 2 is 1.89 bits per heavy atom. The third-order valence-electron chi connectivity index (χ3n) is 5.56. The van der Waals surface area contributed by atoms with E-state index in [0.29, 0.717) is 30.0 Å². The number of nitro groups is 1. The van der Waals surface area contributed by atoms with Crippen LogP contribution in [-0.4, -0.2) is 67.0 Å². The molecule has 2 amide bonds. The lowest BCUT2D eigenvalue weighted by Crippen LogP contribution is -2.38. The maximum atomic E-state index is 13.2. The van der Waals surface area contributed by atoms with Crippen LogP contribution in [0.3, 0.4) is 0 Å². The molecule has 2 N–H and O–H groups in total. The van der Waals surface area contributed by atoms with E-state index < -0.39 is 11.0 Å². The molecule has 1 aliphatic heterocycles. The smallest absolute Gasteiger partial charge is 0.411 e. The minimum atomic E-state index is -0.792. The zero-order valence-electron chi connectivity index (χ0n) is 19.4. The van der Waals surface area contributed by atoms with Crippen LogP contribution < -0.4 is 14.8 Å². The fourth-order valence-electron chi connectivity index (χ4n) is 3.77. The van der Waals surface area contributed by atoms with E-state index in [1.165, 1.54) is 38.5 Å². The van der Waals surface area contributed by atoms with Gasteiger partial charge in [0, 0.05) is 24.7 Å². The summed E-state index contributed by atoms with van der Waals surface area (Å²) in [6.07, 6.45) is 3.92. The van der Waals surface area contributed by atoms with Gasteiger partial charge in [-0.1, -0.05) is 6.08 Å². The highest BCUT2D eigenvalue weighted by molar-refractivity contribution is 6.03. The van der Waals surface area contributed by atoms with Gasteiger partial charge >= 0.3 is 6.09 Å². The molecule has 0 bridgehead atoms. The Kier molecular flexibility index (Phi) is 8.63. The van der Waals surface area contributed by atoms with Gasteiger partial charge in [0.25, 0.3) is 11.6 Å². The third-order valence-corrected chi connectivity index (χ3v) is 5.56. The molecule has 0 aromatic heterocycles. The average molecular weight is 485 g/mol. The lowest BCUT2D eigenvalue weighted by Gasteiger charge is -2.25. The van der Waals surface area contributed by atoms with Gasteiger partial charge in [0.1, 0.15) is 6.61 Å². The maximum Gasteiger partial charge on any atom is 0.411 e. The molecule has 11 nitrogen and oxygen atoms in total. The normalized spacial score (nSPS) is 15.2. The molecule has 1 heterocycles. The fraction of sp³-hybridized carbons (Fsp3) is 0.333. The second-order valence-electron chi connectivity index (χ2n) is 7.70. The summed E-state index contributed by atoms with van der Waals surface area (Å²) in [5, 5.41) is 22.9. The first kappa shape index (κ1) is 25.5. The molecule has 2 aromatic carbocycles. The molecule has 2 aromatic rings. The number of hydrogen-bond donors (Lipinski definition) is 2. The van der Waals surface area contributed by atoms with Crippen LogP contribution in [0.4, 0.5) is 16.2 Å². The van der Waals surface area contributed by atoms with Gasteiger partial charge in [-0.25, -0.2) is 4.79 Å². The first-order valence-corrected chi connectivity index (χ1v) is 10.9. The number of amides is 2. The minimum absolute atomic E-state index is 0.0164. The van der Waals surface area contributed by atoms with Crippen molar-refractivity contribution in [1.82, 2.24) is 4.90 Å². The van der Waals surface area contributed by atoms with Crippen LogP contribution in [0.25, 0.3) is 6.08 Å². The summed E-state index contributed by atoms with van der Waals surface area (Å²) in [7, 11) is 2.88. The van der Waals surface area contributed by atoms with Crippen molar-refractivity contribution in [2.75, 3.05) is 39.3 Å². The van der Waals surface area contributed by atoms with E-state index >= 15 is 0 Å². The Morgan fingerprint density at radius 3 is 2.51 bits per heavy atom. The van der Waals surface area contributed by atoms with Crippen molar-refractivity contribution in [3.05, 3.63) is 63.7 Å². The van der Waals surface area contributed by atoms with Crippen LogP contribution >= 0.6 is 0 Å². The number of ether oxygens (including phenoxy) is 3. The van der Waals surface area contributed by atoms with Gasteiger partial charge in [-0.05, 0) is 42.7 Å². The molecule has 0 spiro atoms. The number of anilines is 1. The van der Waals surface area contributed by atoms with E-state index in [9.17, 15) is 24.8 Å². The van der Waals surface area contributed by atoms with Gasteiger partial charge in [0.15, 0.2) is 11.5 Å². The Labute approximate surface area is 202 Å². The number of likely N-dealkylation sites (tertiary alicyclic amines) is 1. The van der Waals surface area contributed by atoms with E-state index in [-0.39, 0.29) is 42.1 Å². The summed E-state index contributed by atoms with van der Waals surface area (Å²) in [4.78, 5) is 37.5. The van der Waals surface area contributed by atoms with Crippen LogP contribution in [-0.2, 0) is 4.74 Å². The van der Waals surface area contributed by atoms with Crippen molar-refractivity contribution in [3.8, 4) is 11.5 Å². The topological polar surface area (TPSA) is 140 Å². The molecule has 3 rings (SSSR count). The van der Waals surface area contributed by atoms with Gasteiger partial charge in [-0.15, -0.1) is 0 Å². The lowest BCUT2D eigenvalue weighted by atomic mass is 10.1. The first-order valence-electron chi connectivity index (χ1n) is 10.9. The van der Waals surface area contributed by atoms with Crippen LogP contribution in [0.2, 0.25) is 0 Å². The maximum absolute atomic E-state index is 13.2. The highest BCUT2D eigenvalue weighted by Crippen LogP contribution is 2.35. The number of carbonyl (C=O) groups is 2. The molecular weight excluding hydrogens is 458 g/mol. The third kappa shape index (κ3) is 6.27. The Hall–Kier alpha value is -4.12. The molecule has 0 unspecified atom stereocenters. The number of benzene rings is 2. The quantitative estimate of drug-likeness (QED) is 0.406. The van der Waals surface area contributed by atoms with Gasteiger partial charge in [0.05, 0.1) is 43.0 Å². The number of aliphatic hydroxyl groups excluding tert-OH is 1. The molecule has 186 valence electrons. The zero-order valence-corrected chi connectivity index (χ0v) is 19.4. The monoisotopic (exact) mass is 485 g/mol. The van der Waals surface area contributed by atoms with Gasteiger partial charge < -0.3 is 24.2 Å². The van der Waals surface area contributed by atoms with Gasteiger partial charge in [-0.2, -0.15) is 0 Å². The van der Waals surface area contributed by atoms with Crippen molar-refractivity contribution >= 4 is 29.5 Å². The molecule has 11 heteroatoms. The van der Waals surface area contributed by atoms with Crippen LogP contribution in [0.5, 0.6) is 11.5 Å². The number of hydrogen-bond acceptors (Lipinski definition) is 8. The number of nitrogens with one attached hydrogen (secondary N) is 1. The number of aliphatic hydroxyl groups is 1. The van der Waals surface area contributed by atoms with E-state index in [2.05, 4.69) is 5.32 Å². The van der Waals surface area contributed by atoms with Crippen LogP contribution in [0.15, 0.2) is 42.5 Å². The Bertz CT molecular complexity index is 1100. The molecule has 35 heavy (non-hydrogen) atoms. The first-order chi connectivity index (χ1) is 16.9. The molecule has 0 saturated carbocycles. The summed E-state index contributed by atoms with van der Waals surface area (Å²) >= 11 is 0. The fourth-order valence-corrected chi connectivity index (χ4v) is 3.77. The average Bonchev–Trinajstić information content (AvgIpc) is 3.35.